The average Bonchev–Trinajstić information content (AvgIpc) is 2.95. The number of anilines is 1. The quantitative estimate of drug-likeness (QED) is 0.523. The summed E-state index contributed by atoms with van der Waals surface area (Å²) in [6.45, 7) is 0. The van der Waals surface area contributed by atoms with Gasteiger partial charge in [0.25, 0.3) is 0 Å². The van der Waals surface area contributed by atoms with Gasteiger partial charge >= 0.3 is 5.97 Å². The van der Waals surface area contributed by atoms with Crippen molar-refractivity contribution in [3.8, 4) is 0 Å². The van der Waals surface area contributed by atoms with Crippen LogP contribution in [0, 0.1) is 0 Å². The minimum atomic E-state index is -0.984. The zero-order valence-corrected chi connectivity index (χ0v) is 14.3. The largest absolute Gasteiger partial charge is 0.480 e. The van der Waals surface area contributed by atoms with Gasteiger partial charge in [0.2, 0.25) is 0 Å². The summed E-state index contributed by atoms with van der Waals surface area (Å²) in [6, 6.07) is 17.0. The van der Waals surface area contributed by atoms with E-state index in [1.54, 1.807) is 0 Å². The fraction of sp³-hybridized carbons (Fsp3) is 0.0625. The standard InChI is InChI=1S/C16H12N2O2S3/c19-15(20)13(14(21)17-10-6-2-1-3-7-10)23-16-18-11-8-4-5-9-12(11)22-16/h1-9,13H,(H,17,21)(H,19,20). The number of thiazole rings is 1. The van der Waals surface area contributed by atoms with Crippen LogP contribution in [0.15, 0.2) is 58.9 Å². The molecule has 1 aromatic heterocycles. The van der Waals surface area contributed by atoms with Crippen molar-refractivity contribution in [2.45, 2.75) is 9.59 Å². The monoisotopic (exact) mass is 360 g/mol. The van der Waals surface area contributed by atoms with Gasteiger partial charge in [-0.2, -0.15) is 0 Å². The molecule has 23 heavy (non-hydrogen) atoms. The average molecular weight is 360 g/mol. The molecule has 3 rings (SSSR count). The number of hydrogen-bond donors (Lipinski definition) is 2. The van der Waals surface area contributed by atoms with Gasteiger partial charge in [-0.3, -0.25) is 4.79 Å². The first-order valence-electron chi connectivity index (χ1n) is 6.74. The molecule has 0 amide bonds. The molecule has 3 aromatic rings. The van der Waals surface area contributed by atoms with Crippen LogP contribution in [0.1, 0.15) is 0 Å². The maximum Gasteiger partial charge on any atom is 0.324 e. The fourth-order valence-electron chi connectivity index (χ4n) is 1.95. The normalized spacial score (nSPS) is 12.0. The lowest BCUT2D eigenvalue weighted by Crippen LogP contribution is -2.30. The zero-order chi connectivity index (χ0) is 16.2. The van der Waals surface area contributed by atoms with Gasteiger partial charge in [0.05, 0.1) is 10.2 Å². The first-order valence-corrected chi connectivity index (χ1v) is 8.85. The molecule has 7 heteroatoms. The Morgan fingerprint density at radius 3 is 2.57 bits per heavy atom. The third-order valence-corrected chi connectivity index (χ3v) is 5.82. The van der Waals surface area contributed by atoms with Crippen LogP contribution in [0.25, 0.3) is 10.2 Å². The van der Waals surface area contributed by atoms with E-state index >= 15 is 0 Å². The topological polar surface area (TPSA) is 62.2 Å². The highest BCUT2D eigenvalue weighted by atomic mass is 32.2. The second kappa shape index (κ2) is 7.08. The van der Waals surface area contributed by atoms with Crippen LogP contribution in [-0.2, 0) is 4.79 Å². The molecule has 0 aliphatic heterocycles. The Morgan fingerprint density at radius 2 is 1.87 bits per heavy atom. The van der Waals surface area contributed by atoms with Gasteiger partial charge in [-0.25, -0.2) is 4.98 Å². The molecule has 0 aliphatic carbocycles. The van der Waals surface area contributed by atoms with Crippen molar-refractivity contribution < 1.29 is 9.90 Å². The number of carbonyl (C=O) groups is 1. The summed E-state index contributed by atoms with van der Waals surface area (Å²) >= 11 is 7.90. The highest BCUT2D eigenvalue weighted by Crippen LogP contribution is 2.32. The summed E-state index contributed by atoms with van der Waals surface area (Å²) < 4.78 is 1.72. The van der Waals surface area contributed by atoms with Crippen molar-refractivity contribution in [1.82, 2.24) is 4.98 Å². The van der Waals surface area contributed by atoms with Crippen LogP contribution in [0.4, 0.5) is 5.69 Å². The van der Waals surface area contributed by atoms with Crippen molar-refractivity contribution in [3.63, 3.8) is 0 Å². The molecule has 0 saturated heterocycles. The van der Waals surface area contributed by atoms with Crippen molar-refractivity contribution in [1.29, 1.82) is 0 Å². The minimum Gasteiger partial charge on any atom is -0.480 e. The zero-order valence-electron chi connectivity index (χ0n) is 11.8. The molecule has 0 bridgehead atoms. The second-order valence-corrected chi connectivity index (χ2v) is 7.46. The number of carboxylic acids is 1. The van der Waals surface area contributed by atoms with E-state index in [9.17, 15) is 9.90 Å². The maximum atomic E-state index is 11.6. The van der Waals surface area contributed by atoms with E-state index in [-0.39, 0.29) is 4.99 Å². The number of benzene rings is 2. The Bertz CT molecular complexity index is 816. The van der Waals surface area contributed by atoms with Crippen LogP contribution >= 0.6 is 35.3 Å². The molecular formula is C16H12N2O2S3. The first-order chi connectivity index (χ1) is 11.1. The predicted molar refractivity (Wildman–Crippen MR) is 99.6 cm³/mol. The third kappa shape index (κ3) is 3.87. The Hall–Kier alpha value is -1.96. The van der Waals surface area contributed by atoms with Gasteiger partial charge in [0.1, 0.15) is 4.99 Å². The number of aromatic nitrogens is 1. The molecule has 2 aromatic carbocycles. The molecule has 0 saturated carbocycles. The molecule has 4 nitrogen and oxygen atoms in total. The SMILES string of the molecule is O=C(O)C(Sc1nc2ccccc2s1)C(=S)Nc1ccccc1. The summed E-state index contributed by atoms with van der Waals surface area (Å²) in [6.07, 6.45) is 0. The number of rotatable bonds is 5. The summed E-state index contributed by atoms with van der Waals surface area (Å²) in [7, 11) is 0. The van der Waals surface area contributed by atoms with Gasteiger partial charge < -0.3 is 10.4 Å². The molecule has 1 atom stereocenters. The number of thiocarbonyl (C=S) groups is 1. The predicted octanol–water partition coefficient (Wildman–Crippen LogP) is 4.28. The number of aliphatic carboxylic acids is 1. The highest BCUT2D eigenvalue weighted by molar-refractivity contribution is 8.04. The van der Waals surface area contributed by atoms with Gasteiger partial charge in [-0.05, 0) is 24.3 Å². The fourth-order valence-corrected chi connectivity index (χ4v) is 4.38. The van der Waals surface area contributed by atoms with E-state index in [0.717, 1.165) is 27.7 Å². The Kier molecular flexibility index (Phi) is 4.90. The summed E-state index contributed by atoms with van der Waals surface area (Å²) in [4.78, 5) is 16.3. The highest BCUT2D eigenvalue weighted by Gasteiger charge is 2.26. The van der Waals surface area contributed by atoms with Crippen molar-refractivity contribution >= 4 is 62.2 Å². The van der Waals surface area contributed by atoms with Gasteiger partial charge in [0.15, 0.2) is 9.59 Å². The molecular weight excluding hydrogens is 348 g/mol. The van der Waals surface area contributed by atoms with Gasteiger partial charge in [0, 0.05) is 5.69 Å². The Morgan fingerprint density at radius 1 is 1.17 bits per heavy atom. The Labute approximate surface area is 146 Å². The number of nitrogens with zero attached hydrogens (tertiary/aromatic N) is 1. The summed E-state index contributed by atoms with van der Waals surface area (Å²) in [5, 5.41) is 11.6. The molecule has 1 unspecified atom stereocenters. The molecule has 2 N–H and O–H groups in total. The van der Waals surface area contributed by atoms with E-state index in [1.165, 1.54) is 11.3 Å². The van der Waals surface area contributed by atoms with Crippen LogP contribution in [0.3, 0.4) is 0 Å². The molecule has 0 radical (unpaired) electrons. The molecule has 0 spiro atoms. The second-order valence-electron chi connectivity index (χ2n) is 4.64. The van der Waals surface area contributed by atoms with Crippen LogP contribution in [0.2, 0.25) is 0 Å². The lowest BCUT2D eigenvalue weighted by Gasteiger charge is -2.13. The Balaban J connectivity index is 1.78. The van der Waals surface area contributed by atoms with Gasteiger partial charge in [-0.1, -0.05) is 54.3 Å². The van der Waals surface area contributed by atoms with Crippen LogP contribution in [-0.4, -0.2) is 26.3 Å². The molecule has 116 valence electrons. The van der Waals surface area contributed by atoms with Crippen molar-refractivity contribution in [3.05, 3.63) is 54.6 Å². The van der Waals surface area contributed by atoms with Crippen molar-refractivity contribution in [2.24, 2.45) is 0 Å². The van der Waals surface area contributed by atoms with E-state index in [2.05, 4.69) is 10.3 Å². The number of carboxylic acid groups (broad SMARTS) is 1. The number of para-hydroxylation sites is 2. The minimum absolute atomic E-state index is 0.257. The van der Waals surface area contributed by atoms with E-state index in [0.29, 0.717) is 4.34 Å². The van der Waals surface area contributed by atoms with E-state index in [1.807, 2.05) is 54.6 Å². The molecule has 0 fully saturated rings. The van der Waals surface area contributed by atoms with Crippen LogP contribution < -0.4 is 5.32 Å². The third-order valence-electron chi connectivity index (χ3n) is 3.00. The summed E-state index contributed by atoms with van der Waals surface area (Å²) in [5.74, 6) is -0.984. The van der Waals surface area contributed by atoms with Crippen LogP contribution in [0.5, 0.6) is 0 Å². The number of nitrogens with one attached hydrogen (secondary N) is 1. The summed E-state index contributed by atoms with van der Waals surface area (Å²) in [5.41, 5.74) is 1.64. The number of fused-ring (bicyclic) bond motifs is 1. The van der Waals surface area contributed by atoms with Crippen molar-refractivity contribution in [2.75, 3.05) is 5.32 Å². The molecule has 1 heterocycles. The first kappa shape index (κ1) is 15.9. The number of thioether (sulfide) groups is 1. The number of hydrogen-bond acceptors (Lipinski definition) is 5. The molecule has 0 aliphatic rings. The van der Waals surface area contributed by atoms with Gasteiger partial charge in [-0.15, -0.1) is 11.3 Å². The van der Waals surface area contributed by atoms with E-state index < -0.39 is 11.2 Å². The maximum absolute atomic E-state index is 11.6. The lowest BCUT2D eigenvalue weighted by molar-refractivity contribution is -0.135. The smallest absolute Gasteiger partial charge is 0.324 e. The lowest BCUT2D eigenvalue weighted by atomic mass is 10.3. The van der Waals surface area contributed by atoms with E-state index in [4.69, 9.17) is 12.2 Å².